The van der Waals surface area contributed by atoms with Crippen LogP contribution in [0.3, 0.4) is 0 Å². The van der Waals surface area contributed by atoms with Gasteiger partial charge in [0.15, 0.2) is 0 Å². The first-order valence-corrected chi connectivity index (χ1v) is 11.7. The first kappa shape index (κ1) is 28.7. The number of hydrogen-bond donors (Lipinski definition) is 5. The summed E-state index contributed by atoms with van der Waals surface area (Å²) < 4.78 is 93.4. The fourth-order valence-corrected chi connectivity index (χ4v) is 4.31. The largest absolute Gasteiger partial charge is 0.453 e. The standard InChI is InChI=1S/C23H23F6N7O4/c1-30-20(37)40-11-5-10(6-31-7-11)34-19-33-9-14(22(24,25)26)17(36-19)13-8-32-18-12(13)3-4-15(35-21(38)39-2)16(18)23(27,28)29/h3-4,8-11,31-32H,5-7H2,1-2H3,(H,30,37)(H,35,38)(H,33,34,36)/t10-,11+/m0/s1. The van der Waals surface area contributed by atoms with Crippen molar-refractivity contribution in [2.24, 2.45) is 0 Å². The molecule has 3 heterocycles. The number of alkyl halides is 6. The maximum absolute atomic E-state index is 14.0. The number of anilines is 2. The van der Waals surface area contributed by atoms with Crippen molar-refractivity contribution in [1.82, 2.24) is 25.6 Å². The Morgan fingerprint density at radius 1 is 1.07 bits per heavy atom. The fraction of sp³-hybridized carbons (Fsp3) is 0.391. The molecule has 2 aromatic heterocycles. The summed E-state index contributed by atoms with van der Waals surface area (Å²) in [5.41, 5.74) is -4.74. The highest BCUT2D eigenvalue weighted by atomic mass is 19.4. The van der Waals surface area contributed by atoms with Crippen LogP contribution in [0.5, 0.6) is 0 Å². The van der Waals surface area contributed by atoms with Crippen molar-refractivity contribution in [1.29, 1.82) is 0 Å². The molecule has 11 nitrogen and oxygen atoms in total. The number of carbonyl (C=O) groups is 2. The molecule has 0 spiro atoms. The summed E-state index contributed by atoms with van der Waals surface area (Å²) in [5, 5.41) is 9.97. The van der Waals surface area contributed by atoms with Crippen LogP contribution in [0.2, 0.25) is 0 Å². The Balaban J connectivity index is 1.75. The van der Waals surface area contributed by atoms with Crippen molar-refractivity contribution in [3.63, 3.8) is 0 Å². The summed E-state index contributed by atoms with van der Waals surface area (Å²) in [7, 11) is 2.36. The smallest absolute Gasteiger partial charge is 0.420 e. The number of aromatic nitrogens is 3. The van der Waals surface area contributed by atoms with Crippen LogP contribution in [0.1, 0.15) is 17.5 Å². The van der Waals surface area contributed by atoms with Crippen molar-refractivity contribution >= 4 is 34.7 Å². The topological polar surface area (TPSA) is 142 Å². The predicted molar refractivity (Wildman–Crippen MR) is 130 cm³/mol. The monoisotopic (exact) mass is 575 g/mol. The molecule has 1 aliphatic heterocycles. The number of nitrogens with one attached hydrogen (secondary N) is 5. The molecule has 1 aromatic carbocycles. The van der Waals surface area contributed by atoms with Crippen molar-refractivity contribution in [2.75, 3.05) is 37.9 Å². The first-order valence-electron chi connectivity index (χ1n) is 11.7. The van der Waals surface area contributed by atoms with Crippen LogP contribution >= 0.6 is 0 Å². The Bertz CT molecular complexity index is 1410. The van der Waals surface area contributed by atoms with Gasteiger partial charge in [-0.1, -0.05) is 6.07 Å². The van der Waals surface area contributed by atoms with Crippen LogP contribution in [0, 0.1) is 0 Å². The highest BCUT2D eigenvalue weighted by Crippen LogP contribution is 2.44. The summed E-state index contributed by atoms with van der Waals surface area (Å²) in [5.74, 6) is -0.218. The second kappa shape index (κ2) is 11.1. The number of methoxy groups -OCH3 is 1. The Hall–Kier alpha value is -4.28. The van der Waals surface area contributed by atoms with E-state index in [4.69, 9.17) is 4.74 Å². The second-order valence-electron chi connectivity index (χ2n) is 8.69. The molecular weight excluding hydrogens is 552 g/mol. The van der Waals surface area contributed by atoms with E-state index in [2.05, 4.69) is 35.6 Å². The summed E-state index contributed by atoms with van der Waals surface area (Å²) in [6.07, 6.45) is -10.5. The van der Waals surface area contributed by atoms with Gasteiger partial charge in [-0.15, -0.1) is 0 Å². The SMILES string of the molecule is CNC(=O)O[C@H]1CNC[C@@H](Nc2ncc(C(F)(F)F)c(-c3c[nH]c4c(C(F)(F)F)c(NC(=O)OC)ccc34)n2)C1. The van der Waals surface area contributed by atoms with Gasteiger partial charge in [0.1, 0.15) is 17.2 Å². The van der Waals surface area contributed by atoms with E-state index in [-0.39, 0.29) is 23.3 Å². The minimum Gasteiger partial charge on any atom is -0.453 e. The molecule has 0 bridgehead atoms. The lowest BCUT2D eigenvalue weighted by Crippen LogP contribution is -2.48. The predicted octanol–water partition coefficient (Wildman–Crippen LogP) is 4.34. The highest BCUT2D eigenvalue weighted by Gasteiger charge is 2.39. The number of amides is 2. The average Bonchev–Trinajstić information content (AvgIpc) is 3.31. The van der Waals surface area contributed by atoms with Crippen molar-refractivity contribution in [3.8, 4) is 11.3 Å². The number of benzene rings is 1. The minimum absolute atomic E-state index is 0.218. The maximum Gasteiger partial charge on any atom is 0.420 e. The van der Waals surface area contributed by atoms with E-state index in [0.717, 1.165) is 25.4 Å². The summed E-state index contributed by atoms with van der Waals surface area (Å²) in [4.78, 5) is 33.3. The van der Waals surface area contributed by atoms with Gasteiger partial charge in [0.05, 0.1) is 24.0 Å². The summed E-state index contributed by atoms with van der Waals surface area (Å²) in [6, 6.07) is 1.59. The highest BCUT2D eigenvalue weighted by molar-refractivity contribution is 6.01. The van der Waals surface area contributed by atoms with Crippen LogP contribution in [0.25, 0.3) is 22.2 Å². The Kier molecular flexibility index (Phi) is 7.95. The third-order valence-electron chi connectivity index (χ3n) is 6.03. The van der Waals surface area contributed by atoms with Gasteiger partial charge in [-0.3, -0.25) is 5.32 Å². The molecule has 216 valence electrons. The normalized spacial score (nSPS) is 17.8. The number of halogens is 6. The van der Waals surface area contributed by atoms with Gasteiger partial charge in [0.25, 0.3) is 0 Å². The number of aromatic amines is 1. The number of piperidine rings is 1. The van der Waals surface area contributed by atoms with Crippen molar-refractivity contribution < 1.29 is 45.4 Å². The lowest BCUT2D eigenvalue weighted by molar-refractivity contribution is -0.137. The van der Waals surface area contributed by atoms with E-state index in [1.54, 1.807) is 0 Å². The lowest BCUT2D eigenvalue weighted by atomic mass is 10.0. The maximum atomic E-state index is 14.0. The number of ether oxygens (including phenoxy) is 2. The molecular formula is C23H23F6N7O4. The minimum atomic E-state index is -5.00. The molecule has 0 aliphatic carbocycles. The number of alkyl carbamates (subject to hydrolysis) is 1. The van der Waals surface area contributed by atoms with Crippen LogP contribution in [0.4, 0.5) is 47.6 Å². The van der Waals surface area contributed by atoms with Crippen molar-refractivity contribution in [2.45, 2.75) is 30.9 Å². The number of rotatable bonds is 5. The van der Waals surface area contributed by atoms with E-state index < -0.39 is 64.7 Å². The number of carbonyl (C=O) groups excluding carboxylic acids is 2. The fourth-order valence-electron chi connectivity index (χ4n) is 4.31. The molecule has 1 fully saturated rings. The zero-order chi connectivity index (χ0) is 29.2. The molecule has 5 N–H and O–H groups in total. The van der Waals surface area contributed by atoms with E-state index in [9.17, 15) is 35.9 Å². The third-order valence-corrected chi connectivity index (χ3v) is 6.03. The molecule has 2 amide bonds. The Morgan fingerprint density at radius 3 is 2.48 bits per heavy atom. The zero-order valence-corrected chi connectivity index (χ0v) is 20.9. The van der Waals surface area contributed by atoms with Gasteiger partial charge in [0, 0.05) is 55.9 Å². The Morgan fingerprint density at radius 2 is 1.82 bits per heavy atom. The van der Waals surface area contributed by atoms with Gasteiger partial charge in [-0.05, 0) is 6.07 Å². The van der Waals surface area contributed by atoms with Crippen molar-refractivity contribution in [3.05, 3.63) is 35.7 Å². The van der Waals surface area contributed by atoms with Crippen LogP contribution in [-0.2, 0) is 21.8 Å². The zero-order valence-electron chi connectivity index (χ0n) is 20.9. The molecule has 3 aromatic rings. The molecule has 40 heavy (non-hydrogen) atoms. The Labute approximate surface area is 222 Å². The van der Waals surface area contributed by atoms with E-state index in [1.807, 2.05) is 5.32 Å². The van der Waals surface area contributed by atoms with E-state index in [0.29, 0.717) is 19.3 Å². The van der Waals surface area contributed by atoms with Gasteiger partial charge in [0.2, 0.25) is 5.95 Å². The number of hydrogen-bond acceptors (Lipinski definition) is 8. The van der Waals surface area contributed by atoms with Gasteiger partial charge >= 0.3 is 24.5 Å². The van der Waals surface area contributed by atoms with Gasteiger partial charge in [-0.2, -0.15) is 26.3 Å². The number of H-pyrrole nitrogens is 1. The van der Waals surface area contributed by atoms with E-state index >= 15 is 0 Å². The quantitative estimate of drug-likeness (QED) is 0.283. The summed E-state index contributed by atoms with van der Waals surface area (Å²) in [6.45, 7) is 0.708. The second-order valence-corrected chi connectivity index (χ2v) is 8.69. The van der Waals surface area contributed by atoms with Crippen LogP contribution in [-0.4, -0.2) is 66.5 Å². The molecule has 4 rings (SSSR count). The first-order chi connectivity index (χ1) is 18.8. The van der Waals surface area contributed by atoms with Crippen LogP contribution < -0.4 is 21.3 Å². The molecule has 1 saturated heterocycles. The molecule has 1 aliphatic rings. The molecule has 0 saturated carbocycles. The number of nitrogens with zero attached hydrogens (tertiary/aromatic N) is 2. The summed E-state index contributed by atoms with van der Waals surface area (Å²) >= 11 is 0. The molecule has 0 unspecified atom stereocenters. The lowest BCUT2D eigenvalue weighted by Gasteiger charge is -2.30. The molecule has 0 radical (unpaired) electrons. The number of fused-ring (bicyclic) bond motifs is 1. The van der Waals surface area contributed by atoms with E-state index in [1.165, 1.54) is 7.05 Å². The van der Waals surface area contributed by atoms with Crippen LogP contribution in [0.15, 0.2) is 24.5 Å². The third kappa shape index (κ3) is 6.13. The van der Waals surface area contributed by atoms with Gasteiger partial charge < -0.3 is 30.4 Å². The molecule has 2 atom stereocenters. The average molecular weight is 575 g/mol. The van der Waals surface area contributed by atoms with Gasteiger partial charge in [-0.25, -0.2) is 19.6 Å². The molecule has 17 heteroatoms.